The lowest BCUT2D eigenvalue weighted by molar-refractivity contribution is -0.113. The summed E-state index contributed by atoms with van der Waals surface area (Å²) in [7, 11) is 0. The molecule has 0 spiro atoms. The number of hydrogen-bond acceptors (Lipinski definition) is 5. The molecule has 0 unspecified atom stereocenters. The Kier molecular flexibility index (Phi) is 7.25. The number of carbonyl (C=O) groups is 2. The largest absolute Gasteiger partial charge is 0.462 e. The zero-order valence-electron chi connectivity index (χ0n) is 19.7. The van der Waals surface area contributed by atoms with Crippen molar-refractivity contribution < 1.29 is 14.3 Å². The molecular weight excluding hydrogens is 476 g/mol. The van der Waals surface area contributed by atoms with E-state index in [1.165, 1.54) is 33.5 Å². The normalized spacial score (nSPS) is 12.9. The van der Waals surface area contributed by atoms with Crippen LogP contribution in [0.3, 0.4) is 0 Å². The highest BCUT2D eigenvalue weighted by atomic mass is 32.2. The maximum absolute atomic E-state index is 13.0. The van der Waals surface area contributed by atoms with Crippen LogP contribution in [-0.4, -0.2) is 28.8 Å². The van der Waals surface area contributed by atoms with Crippen LogP contribution in [0.2, 0.25) is 0 Å². The topological polar surface area (TPSA) is 60.3 Å². The number of esters is 1. The first-order valence-corrected chi connectivity index (χ1v) is 13.8. The number of nitrogens with zero attached hydrogens (tertiary/aromatic N) is 1. The van der Waals surface area contributed by atoms with Gasteiger partial charge in [-0.05, 0) is 49.8 Å². The second kappa shape index (κ2) is 10.7. The van der Waals surface area contributed by atoms with E-state index in [4.69, 9.17) is 4.74 Å². The Hall–Kier alpha value is -3.03. The van der Waals surface area contributed by atoms with Crippen LogP contribution in [-0.2, 0) is 28.9 Å². The average Bonchev–Trinajstić information content (AvgIpc) is 3.41. The molecule has 0 saturated heterocycles. The van der Waals surface area contributed by atoms with Crippen LogP contribution in [0, 0.1) is 0 Å². The lowest BCUT2D eigenvalue weighted by Crippen LogP contribution is -2.17. The van der Waals surface area contributed by atoms with Crippen molar-refractivity contribution in [2.24, 2.45) is 0 Å². The molecule has 1 N–H and O–H groups in total. The molecule has 35 heavy (non-hydrogen) atoms. The molecule has 0 atom stereocenters. The number of thiophene rings is 1. The summed E-state index contributed by atoms with van der Waals surface area (Å²) in [5, 5.41) is 4.79. The zero-order chi connectivity index (χ0) is 24.2. The smallest absolute Gasteiger partial charge is 0.341 e. The number of thioether (sulfide) groups is 1. The molecule has 1 aliphatic rings. The van der Waals surface area contributed by atoms with Gasteiger partial charge in [0.1, 0.15) is 5.00 Å². The summed E-state index contributed by atoms with van der Waals surface area (Å²) in [5.41, 5.74) is 4.00. The second-order valence-corrected chi connectivity index (χ2v) is 10.7. The molecule has 2 aromatic heterocycles. The summed E-state index contributed by atoms with van der Waals surface area (Å²) in [6.45, 7) is 2.90. The molecule has 7 heteroatoms. The molecule has 4 aromatic rings. The van der Waals surface area contributed by atoms with Crippen molar-refractivity contribution in [2.45, 2.75) is 44.0 Å². The molecule has 5 nitrogen and oxygen atoms in total. The number of para-hydroxylation sites is 1. The minimum Gasteiger partial charge on any atom is -0.462 e. The van der Waals surface area contributed by atoms with Gasteiger partial charge in [0.25, 0.3) is 0 Å². The van der Waals surface area contributed by atoms with Crippen LogP contribution in [0.15, 0.2) is 65.7 Å². The van der Waals surface area contributed by atoms with Crippen molar-refractivity contribution in [3.8, 4) is 0 Å². The first-order valence-electron chi connectivity index (χ1n) is 12.0. The molecule has 1 aliphatic carbocycles. The monoisotopic (exact) mass is 504 g/mol. The van der Waals surface area contributed by atoms with E-state index in [2.05, 4.69) is 40.3 Å². The number of hydrogen-bond donors (Lipinski definition) is 1. The lowest BCUT2D eigenvalue weighted by atomic mass is 9.95. The van der Waals surface area contributed by atoms with E-state index in [-0.39, 0.29) is 17.6 Å². The first-order chi connectivity index (χ1) is 17.1. The third-order valence-electron chi connectivity index (χ3n) is 6.21. The number of ether oxygens (including phenoxy) is 1. The number of amides is 1. The Morgan fingerprint density at radius 1 is 1.06 bits per heavy atom. The van der Waals surface area contributed by atoms with E-state index in [1.54, 1.807) is 6.92 Å². The van der Waals surface area contributed by atoms with Crippen molar-refractivity contribution in [3.05, 3.63) is 82.4 Å². The summed E-state index contributed by atoms with van der Waals surface area (Å²) in [6.07, 6.45) is 6.13. The number of nitrogens with one attached hydrogen (secondary N) is 1. The van der Waals surface area contributed by atoms with E-state index in [1.807, 2.05) is 30.3 Å². The maximum Gasteiger partial charge on any atom is 0.341 e. The molecule has 0 fully saturated rings. The Morgan fingerprint density at radius 2 is 1.83 bits per heavy atom. The number of fused-ring (bicyclic) bond motifs is 2. The molecule has 2 heterocycles. The Labute approximate surface area is 213 Å². The van der Waals surface area contributed by atoms with Gasteiger partial charge in [0, 0.05) is 33.4 Å². The summed E-state index contributed by atoms with van der Waals surface area (Å²) < 4.78 is 7.55. The molecular formula is C28H28N2O3S2. The Morgan fingerprint density at radius 3 is 2.66 bits per heavy atom. The van der Waals surface area contributed by atoms with Gasteiger partial charge in [0.05, 0.1) is 17.9 Å². The number of rotatable bonds is 8. The highest BCUT2D eigenvalue weighted by Gasteiger charge is 2.27. The first kappa shape index (κ1) is 23.7. The minimum atomic E-state index is -0.334. The van der Waals surface area contributed by atoms with Gasteiger partial charge >= 0.3 is 5.97 Å². The molecule has 0 saturated carbocycles. The Bertz CT molecular complexity index is 1360. The van der Waals surface area contributed by atoms with Crippen LogP contribution < -0.4 is 5.32 Å². The van der Waals surface area contributed by atoms with E-state index in [9.17, 15) is 9.59 Å². The van der Waals surface area contributed by atoms with Crippen molar-refractivity contribution >= 4 is 50.9 Å². The van der Waals surface area contributed by atoms with Gasteiger partial charge in [-0.15, -0.1) is 23.1 Å². The van der Waals surface area contributed by atoms with Gasteiger partial charge in [-0.1, -0.05) is 48.5 Å². The minimum absolute atomic E-state index is 0.112. The highest BCUT2D eigenvalue weighted by Crippen LogP contribution is 2.39. The van der Waals surface area contributed by atoms with Crippen LogP contribution in [0.25, 0.3) is 10.9 Å². The number of aromatic nitrogens is 1. The molecule has 0 bridgehead atoms. The van der Waals surface area contributed by atoms with Crippen LogP contribution >= 0.6 is 23.1 Å². The zero-order valence-corrected chi connectivity index (χ0v) is 21.3. The quantitative estimate of drug-likeness (QED) is 0.219. The highest BCUT2D eigenvalue weighted by molar-refractivity contribution is 8.00. The van der Waals surface area contributed by atoms with Gasteiger partial charge in [0.2, 0.25) is 5.91 Å². The van der Waals surface area contributed by atoms with E-state index < -0.39 is 0 Å². The molecule has 1 amide bonds. The van der Waals surface area contributed by atoms with Crippen molar-refractivity contribution in [3.63, 3.8) is 0 Å². The summed E-state index contributed by atoms with van der Waals surface area (Å²) in [6, 6.07) is 18.7. The average molecular weight is 505 g/mol. The van der Waals surface area contributed by atoms with E-state index in [0.29, 0.717) is 17.2 Å². The summed E-state index contributed by atoms with van der Waals surface area (Å²) in [5.74, 6) is -0.178. The molecule has 2 aromatic carbocycles. The van der Waals surface area contributed by atoms with E-state index >= 15 is 0 Å². The molecule has 180 valence electrons. The van der Waals surface area contributed by atoms with Gasteiger partial charge in [-0.25, -0.2) is 4.79 Å². The standard InChI is InChI=1S/C28H28N2O3S2/c1-2-33-28(32)26-21-13-7-9-15-23(21)35-27(26)29-25(31)18-34-24-17-30(16-19-10-4-3-5-11-19)22-14-8-6-12-20(22)24/h3-6,8,10-12,14,17H,2,7,9,13,15-16,18H2,1H3,(H,29,31). The van der Waals surface area contributed by atoms with Gasteiger partial charge in [0.15, 0.2) is 0 Å². The molecule has 5 rings (SSSR count). The third kappa shape index (κ3) is 5.16. The fraction of sp³-hybridized carbons (Fsp3) is 0.286. The van der Waals surface area contributed by atoms with Gasteiger partial charge in [-0.3, -0.25) is 4.79 Å². The fourth-order valence-corrected chi connectivity index (χ4v) is 6.80. The third-order valence-corrected chi connectivity index (χ3v) is 8.46. The number of carbonyl (C=O) groups excluding carboxylic acids is 2. The number of benzene rings is 2. The lowest BCUT2D eigenvalue weighted by Gasteiger charge is -2.12. The van der Waals surface area contributed by atoms with Crippen LogP contribution in [0.5, 0.6) is 0 Å². The van der Waals surface area contributed by atoms with Gasteiger partial charge < -0.3 is 14.6 Å². The van der Waals surface area contributed by atoms with Crippen LogP contribution in [0.4, 0.5) is 5.00 Å². The van der Waals surface area contributed by atoms with Crippen molar-refractivity contribution in [2.75, 3.05) is 17.7 Å². The van der Waals surface area contributed by atoms with Crippen molar-refractivity contribution in [1.82, 2.24) is 4.57 Å². The predicted molar refractivity (Wildman–Crippen MR) is 144 cm³/mol. The molecule has 0 radical (unpaired) electrons. The number of anilines is 1. The maximum atomic E-state index is 13.0. The molecule has 0 aliphatic heterocycles. The Balaban J connectivity index is 1.33. The van der Waals surface area contributed by atoms with Crippen LogP contribution in [0.1, 0.15) is 46.1 Å². The number of aryl methyl sites for hydroxylation is 1. The fourth-order valence-electron chi connectivity index (χ4n) is 4.62. The predicted octanol–water partition coefficient (Wildman–Crippen LogP) is 6.54. The summed E-state index contributed by atoms with van der Waals surface area (Å²) in [4.78, 5) is 27.9. The van der Waals surface area contributed by atoms with Crippen molar-refractivity contribution in [1.29, 1.82) is 0 Å². The van der Waals surface area contributed by atoms with Gasteiger partial charge in [-0.2, -0.15) is 0 Å². The SMILES string of the molecule is CCOC(=O)c1c(NC(=O)CSc2cn(Cc3ccccc3)c3ccccc23)sc2c1CCCC2. The second-order valence-electron chi connectivity index (χ2n) is 8.60. The van der Waals surface area contributed by atoms with E-state index in [0.717, 1.165) is 53.6 Å². The summed E-state index contributed by atoms with van der Waals surface area (Å²) >= 11 is 3.05.